The first-order valence-electron chi connectivity index (χ1n) is 9.52. The zero-order valence-electron chi connectivity index (χ0n) is 15.9. The smallest absolute Gasteiger partial charge is 0.239 e. The van der Waals surface area contributed by atoms with Gasteiger partial charge >= 0.3 is 0 Å². The molecule has 140 valence electrons. The summed E-state index contributed by atoms with van der Waals surface area (Å²) in [5, 5.41) is 0. The number of aryl methyl sites for hydroxylation is 1. The Labute approximate surface area is 151 Å². The third kappa shape index (κ3) is 4.40. The van der Waals surface area contributed by atoms with Crippen LogP contribution in [0.3, 0.4) is 0 Å². The Balaban J connectivity index is 1.45. The van der Waals surface area contributed by atoms with Crippen LogP contribution in [0.2, 0.25) is 0 Å². The molecule has 1 amide bonds. The van der Waals surface area contributed by atoms with Crippen LogP contribution in [-0.2, 0) is 18.4 Å². The van der Waals surface area contributed by atoms with Crippen molar-refractivity contribution in [1.82, 2.24) is 29.2 Å². The standard InChI is InChI=1S/C18H32N6O/c1-4-21-7-13-24(14-8-21)18(25)16(2)23-11-9-22(10-12-23)15-17-19-5-6-20(17)3/h5-6,16H,4,7-15H2,1-3H3/t16-/m1/s1. The maximum atomic E-state index is 12.8. The first kappa shape index (κ1) is 18.4. The quantitative estimate of drug-likeness (QED) is 0.755. The van der Waals surface area contributed by atoms with E-state index in [4.69, 9.17) is 0 Å². The topological polar surface area (TPSA) is 47.9 Å². The summed E-state index contributed by atoms with van der Waals surface area (Å²) in [6, 6.07) is -0.0107. The number of amides is 1. The summed E-state index contributed by atoms with van der Waals surface area (Å²) >= 11 is 0. The molecule has 0 radical (unpaired) electrons. The van der Waals surface area contributed by atoms with Gasteiger partial charge in [-0.3, -0.25) is 14.6 Å². The Morgan fingerprint density at radius 2 is 1.72 bits per heavy atom. The number of carbonyl (C=O) groups excluding carboxylic acids is 1. The SMILES string of the molecule is CCN1CCN(C(=O)[C@@H](C)N2CCN(Cc3nccn3C)CC2)CC1. The van der Waals surface area contributed by atoms with Crippen LogP contribution in [0.5, 0.6) is 0 Å². The van der Waals surface area contributed by atoms with Crippen LogP contribution >= 0.6 is 0 Å². The van der Waals surface area contributed by atoms with Gasteiger partial charge in [-0.15, -0.1) is 0 Å². The lowest BCUT2D eigenvalue weighted by Gasteiger charge is -2.40. The zero-order valence-corrected chi connectivity index (χ0v) is 15.9. The summed E-state index contributed by atoms with van der Waals surface area (Å²) in [4.78, 5) is 26.4. The van der Waals surface area contributed by atoms with E-state index in [0.29, 0.717) is 5.91 Å². The van der Waals surface area contributed by atoms with Gasteiger partial charge in [-0.05, 0) is 13.5 Å². The average Bonchev–Trinajstić information content (AvgIpc) is 3.06. The highest BCUT2D eigenvalue weighted by atomic mass is 16.2. The Kier molecular flexibility index (Phi) is 6.09. The Morgan fingerprint density at radius 1 is 1.08 bits per heavy atom. The van der Waals surface area contributed by atoms with Crippen molar-refractivity contribution in [3.63, 3.8) is 0 Å². The van der Waals surface area contributed by atoms with Crippen molar-refractivity contribution in [2.24, 2.45) is 7.05 Å². The summed E-state index contributed by atoms with van der Waals surface area (Å²) in [6.07, 6.45) is 3.84. The van der Waals surface area contributed by atoms with E-state index in [1.807, 2.05) is 19.4 Å². The molecule has 1 atom stereocenters. The molecule has 0 N–H and O–H groups in total. The van der Waals surface area contributed by atoms with Crippen LogP contribution in [0.15, 0.2) is 12.4 Å². The summed E-state index contributed by atoms with van der Waals surface area (Å²) in [5.74, 6) is 1.40. The number of likely N-dealkylation sites (N-methyl/N-ethyl adjacent to an activating group) is 1. The Morgan fingerprint density at radius 3 is 2.28 bits per heavy atom. The lowest BCUT2D eigenvalue weighted by molar-refractivity contribution is -0.138. The van der Waals surface area contributed by atoms with Crippen LogP contribution in [-0.4, -0.2) is 100 Å². The molecule has 0 aromatic carbocycles. The molecule has 1 aromatic rings. The van der Waals surface area contributed by atoms with Gasteiger partial charge in [0.25, 0.3) is 0 Å². The maximum absolute atomic E-state index is 12.8. The fraction of sp³-hybridized carbons (Fsp3) is 0.778. The summed E-state index contributed by atoms with van der Waals surface area (Å²) in [5.41, 5.74) is 0. The van der Waals surface area contributed by atoms with Crippen molar-refractivity contribution < 1.29 is 4.79 Å². The average molecular weight is 348 g/mol. The lowest BCUT2D eigenvalue weighted by Crippen LogP contribution is -2.57. The van der Waals surface area contributed by atoms with Crippen molar-refractivity contribution in [3.05, 3.63) is 18.2 Å². The highest BCUT2D eigenvalue weighted by molar-refractivity contribution is 5.81. The van der Waals surface area contributed by atoms with Crippen LogP contribution < -0.4 is 0 Å². The van der Waals surface area contributed by atoms with Gasteiger partial charge in [0.2, 0.25) is 5.91 Å². The highest BCUT2D eigenvalue weighted by Crippen LogP contribution is 2.12. The summed E-state index contributed by atoms with van der Waals surface area (Å²) in [7, 11) is 2.04. The van der Waals surface area contributed by atoms with Gasteiger partial charge in [-0.25, -0.2) is 4.98 Å². The van der Waals surface area contributed by atoms with Gasteiger partial charge in [-0.2, -0.15) is 0 Å². The molecule has 0 aliphatic carbocycles. The number of hydrogen-bond donors (Lipinski definition) is 0. The molecular weight excluding hydrogens is 316 g/mol. The number of piperazine rings is 2. The van der Waals surface area contributed by atoms with E-state index in [1.165, 1.54) is 0 Å². The molecule has 2 fully saturated rings. The van der Waals surface area contributed by atoms with Crippen molar-refractivity contribution >= 4 is 5.91 Å². The molecule has 7 nitrogen and oxygen atoms in total. The van der Waals surface area contributed by atoms with Crippen LogP contribution in [0.4, 0.5) is 0 Å². The largest absolute Gasteiger partial charge is 0.339 e. The van der Waals surface area contributed by atoms with Gasteiger partial charge in [0, 0.05) is 71.8 Å². The van der Waals surface area contributed by atoms with E-state index >= 15 is 0 Å². The fourth-order valence-corrected chi connectivity index (χ4v) is 3.76. The second kappa shape index (κ2) is 8.29. The predicted octanol–water partition coefficient (Wildman–Crippen LogP) is 0.0903. The number of rotatable bonds is 5. The van der Waals surface area contributed by atoms with Crippen molar-refractivity contribution in [2.45, 2.75) is 26.4 Å². The summed E-state index contributed by atoms with van der Waals surface area (Å²) < 4.78 is 2.08. The molecule has 0 saturated carbocycles. The number of carbonyl (C=O) groups is 1. The minimum atomic E-state index is -0.0107. The molecule has 2 aliphatic heterocycles. The second-order valence-electron chi connectivity index (χ2n) is 7.20. The lowest BCUT2D eigenvalue weighted by atomic mass is 10.2. The zero-order chi connectivity index (χ0) is 17.8. The van der Waals surface area contributed by atoms with E-state index in [-0.39, 0.29) is 6.04 Å². The molecule has 7 heteroatoms. The molecular formula is C18H32N6O. The molecule has 0 unspecified atom stereocenters. The van der Waals surface area contributed by atoms with Gasteiger partial charge in [0.1, 0.15) is 5.82 Å². The van der Waals surface area contributed by atoms with Crippen molar-refractivity contribution in [1.29, 1.82) is 0 Å². The van der Waals surface area contributed by atoms with Gasteiger partial charge < -0.3 is 14.4 Å². The second-order valence-corrected chi connectivity index (χ2v) is 7.20. The van der Waals surface area contributed by atoms with Crippen LogP contribution in [0.1, 0.15) is 19.7 Å². The molecule has 2 aliphatic rings. The number of aromatic nitrogens is 2. The molecule has 0 spiro atoms. The van der Waals surface area contributed by atoms with E-state index in [1.54, 1.807) is 0 Å². The Hall–Kier alpha value is -1.44. The number of hydrogen-bond acceptors (Lipinski definition) is 5. The first-order chi connectivity index (χ1) is 12.1. The number of imidazole rings is 1. The van der Waals surface area contributed by atoms with Gasteiger partial charge in [0.15, 0.2) is 0 Å². The summed E-state index contributed by atoms with van der Waals surface area (Å²) in [6.45, 7) is 13.9. The van der Waals surface area contributed by atoms with Gasteiger partial charge in [0.05, 0.1) is 12.6 Å². The molecule has 1 aromatic heterocycles. The third-order valence-electron chi connectivity index (χ3n) is 5.73. The predicted molar refractivity (Wildman–Crippen MR) is 98.2 cm³/mol. The third-order valence-corrected chi connectivity index (χ3v) is 5.73. The fourth-order valence-electron chi connectivity index (χ4n) is 3.76. The van der Waals surface area contributed by atoms with E-state index in [0.717, 1.165) is 71.3 Å². The molecule has 3 heterocycles. The maximum Gasteiger partial charge on any atom is 0.239 e. The first-order valence-corrected chi connectivity index (χ1v) is 9.52. The minimum Gasteiger partial charge on any atom is -0.339 e. The van der Waals surface area contributed by atoms with E-state index < -0.39 is 0 Å². The Bertz CT molecular complexity index is 558. The van der Waals surface area contributed by atoms with Crippen molar-refractivity contribution in [2.75, 3.05) is 58.9 Å². The van der Waals surface area contributed by atoms with Crippen molar-refractivity contribution in [3.8, 4) is 0 Å². The van der Waals surface area contributed by atoms with Crippen LogP contribution in [0.25, 0.3) is 0 Å². The molecule has 2 saturated heterocycles. The minimum absolute atomic E-state index is 0.0107. The number of nitrogens with zero attached hydrogens (tertiary/aromatic N) is 6. The monoisotopic (exact) mass is 348 g/mol. The van der Waals surface area contributed by atoms with E-state index in [9.17, 15) is 4.79 Å². The molecule has 25 heavy (non-hydrogen) atoms. The van der Waals surface area contributed by atoms with Crippen LogP contribution in [0, 0.1) is 0 Å². The molecule has 3 rings (SSSR count). The molecule has 0 bridgehead atoms. The van der Waals surface area contributed by atoms with E-state index in [2.05, 4.69) is 43.0 Å². The van der Waals surface area contributed by atoms with Gasteiger partial charge in [-0.1, -0.05) is 6.92 Å². The normalized spacial score (nSPS) is 22.3. The highest BCUT2D eigenvalue weighted by Gasteiger charge is 2.30.